The molecule has 1 saturated heterocycles. The van der Waals surface area contributed by atoms with Gasteiger partial charge in [0, 0.05) is 15.5 Å². The average Bonchev–Trinajstić information content (AvgIpc) is 3.24. The van der Waals surface area contributed by atoms with Crippen LogP contribution in [0.25, 0.3) is 0 Å². The van der Waals surface area contributed by atoms with Gasteiger partial charge in [-0.3, -0.25) is 0 Å². The molecule has 30 heavy (non-hydrogen) atoms. The highest BCUT2D eigenvalue weighted by Crippen LogP contribution is 2.59. The van der Waals surface area contributed by atoms with E-state index in [1.54, 1.807) is 5.70 Å². The van der Waals surface area contributed by atoms with E-state index in [1.165, 1.54) is 44.9 Å². The molecule has 3 aliphatic carbocycles. The van der Waals surface area contributed by atoms with Gasteiger partial charge in [-0.2, -0.15) is 0 Å². The van der Waals surface area contributed by atoms with Crippen molar-refractivity contribution in [3.8, 4) is 0 Å². The van der Waals surface area contributed by atoms with Crippen molar-refractivity contribution < 1.29 is 0 Å². The molecule has 3 fully saturated rings. The van der Waals surface area contributed by atoms with E-state index in [-0.39, 0.29) is 0 Å². The van der Waals surface area contributed by atoms with E-state index < -0.39 is 0 Å². The van der Waals surface area contributed by atoms with Crippen LogP contribution in [-0.4, -0.2) is 32.0 Å². The molecule has 4 aliphatic rings. The Bertz CT molecular complexity index is 693. The predicted molar refractivity (Wildman–Crippen MR) is 137 cm³/mol. The molecule has 0 spiro atoms. The van der Waals surface area contributed by atoms with E-state index in [4.69, 9.17) is 0 Å². The van der Waals surface area contributed by atoms with E-state index >= 15 is 0 Å². The zero-order chi connectivity index (χ0) is 21.6. The summed E-state index contributed by atoms with van der Waals surface area (Å²) in [6.07, 6.45) is 19.6. The molecule has 4 rings (SSSR count). The average molecular weight is 523 g/mol. The standard InChI is InChI=1S/C27H43IN2/c1-7-21(19(3)28)14-15-29-20(4)30(25-13-8-10-18(2)26(25)29)23-12-9-11-22(16-23)24-17-27(24,5)6/h7,12,14-15,18-22,24-26H,1,8-11,13,16-17H2,2-6H3/b15-14-/t18?,19?,20?,21?,22?,24-,25?,26?/m0/s1. The Hall–Kier alpha value is -0.450. The van der Waals surface area contributed by atoms with Gasteiger partial charge in [0.1, 0.15) is 0 Å². The lowest BCUT2D eigenvalue weighted by atomic mass is 9.80. The third-order valence-electron chi connectivity index (χ3n) is 8.83. The topological polar surface area (TPSA) is 6.48 Å². The van der Waals surface area contributed by atoms with Crippen molar-refractivity contribution in [2.75, 3.05) is 0 Å². The second-order valence-electron chi connectivity index (χ2n) is 11.3. The smallest absolute Gasteiger partial charge is 0.0986 e. The number of rotatable bonds is 6. The highest BCUT2D eigenvalue weighted by Gasteiger charge is 2.52. The van der Waals surface area contributed by atoms with Crippen molar-refractivity contribution in [1.29, 1.82) is 0 Å². The fraction of sp³-hybridized carbons (Fsp3) is 0.778. The van der Waals surface area contributed by atoms with Crippen molar-refractivity contribution in [3.05, 3.63) is 36.7 Å². The van der Waals surface area contributed by atoms with E-state index in [2.05, 4.69) is 98.0 Å². The van der Waals surface area contributed by atoms with Gasteiger partial charge in [0.15, 0.2) is 0 Å². The molecule has 0 radical (unpaired) electrons. The third kappa shape index (κ3) is 4.26. The summed E-state index contributed by atoms with van der Waals surface area (Å²) in [5, 5.41) is 0. The van der Waals surface area contributed by atoms with Gasteiger partial charge in [0.2, 0.25) is 0 Å². The van der Waals surface area contributed by atoms with Crippen LogP contribution in [0.2, 0.25) is 0 Å². The fourth-order valence-electron chi connectivity index (χ4n) is 6.92. The summed E-state index contributed by atoms with van der Waals surface area (Å²) in [6, 6.07) is 1.34. The van der Waals surface area contributed by atoms with Gasteiger partial charge in [0.25, 0.3) is 0 Å². The highest BCUT2D eigenvalue weighted by atomic mass is 127. The molecule has 0 amide bonds. The predicted octanol–water partition coefficient (Wildman–Crippen LogP) is 7.38. The van der Waals surface area contributed by atoms with Crippen LogP contribution in [0.1, 0.15) is 79.6 Å². The number of hydrogen-bond donors (Lipinski definition) is 0. The van der Waals surface area contributed by atoms with Crippen LogP contribution in [0.5, 0.6) is 0 Å². The van der Waals surface area contributed by atoms with Gasteiger partial charge in [-0.05, 0) is 74.8 Å². The maximum Gasteiger partial charge on any atom is 0.0986 e. The molecule has 2 saturated carbocycles. The summed E-state index contributed by atoms with van der Waals surface area (Å²) in [7, 11) is 0. The lowest BCUT2D eigenvalue weighted by Crippen LogP contribution is -2.43. The van der Waals surface area contributed by atoms with E-state index in [1.807, 2.05) is 0 Å². The van der Waals surface area contributed by atoms with Crippen LogP contribution < -0.4 is 0 Å². The van der Waals surface area contributed by atoms with Crippen LogP contribution in [0.15, 0.2) is 36.7 Å². The van der Waals surface area contributed by atoms with Crippen molar-refractivity contribution >= 4 is 22.6 Å². The molecule has 3 heteroatoms. The summed E-state index contributed by atoms with van der Waals surface area (Å²) < 4.78 is 0.577. The molecule has 0 aromatic carbocycles. The van der Waals surface area contributed by atoms with E-state index in [0.29, 0.717) is 33.5 Å². The van der Waals surface area contributed by atoms with Gasteiger partial charge in [-0.15, -0.1) is 6.58 Å². The Balaban J connectivity index is 1.56. The highest BCUT2D eigenvalue weighted by molar-refractivity contribution is 14.1. The molecular weight excluding hydrogens is 479 g/mol. The molecule has 8 atom stereocenters. The zero-order valence-electron chi connectivity index (χ0n) is 19.9. The summed E-state index contributed by atoms with van der Waals surface area (Å²) >= 11 is 2.53. The maximum absolute atomic E-state index is 4.08. The summed E-state index contributed by atoms with van der Waals surface area (Å²) in [4.78, 5) is 5.58. The van der Waals surface area contributed by atoms with Gasteiger partial charge in [0.05, 0.1) is 18.2 Å². The Morgan fingerprint density at radius 1 is 1.23 bits per heavy atom. The minimum atomic E-state index is 0.444. The molecule has 1 heterocycles. The molecular formula is C27H43IN2. The third-order valence-corrected chi connectivity index (χ3v) is 9.66. The molecule has 0 aromatic heterocycles. The zero-order valence-corrected chi connectivity index (χ0v) is 22.0. The van der Waals surface area contributed by atoms with Gasteiger partial charge >= 0.3 is 0 Å². The quantitative estimate of drug-likeness (QED) is 0.204. The summed E-state index contributed by atoms with van der Waals surface area (Å²) in [5.74, 6) is 3.07. The number of halogens is 1. The first-order valence-corrected chi connectivity index (χ1v) is 13.7. The first kappa shape index (κ1) is 22.7. The summed E-state index contributed by atoms with van der Waals surface area (Å²) in [6.45, 7) is 16.3. The number of hydrogen-bond acceptors (Lipinski definition) is 2. The minimum absolute atomic E-state index is 0.444. The normalized spacial score (nSPS) is 40.1. The Kier molecular flexibility index (Phi) is 6.69. The number of allylic oxidation sites excluding steroid dienone is 4. The molecule has 1 aliphatic heterocycles. The number of nitrogens with zero attached hydrogens (tertiary/aromatic N) is 2. The van der Waals surface area contributed by atoms with Crippen LogP contribution in [0, 0.1) is 29.1 Å². The van der Waals surface area contributed by atoms with Gasteiger partial charge in [-0.25, -0.2) is 0 Å². The van der Waals surface area contributed by atoms with Gasteiger partial charge in [-0.1, -0.05) is 74.9 Å². The Morgan fingerprint density at radius 2 is 1.97 bits per heavy atom. The molecule has 7 unspecified atom stereocenters. The lowest BCUT2D eigenvalue weighted by Gasteiger charge is -2.39. The second-order valence-corrected chi connectivity index (χ2v) is 13.3. The maximum atomic E-state index is 4.08. The Labute approximate surface area is 199 Å². The minimum Gasteiger partial charge on any atom is -0.353 e. The number of fused-ring (bicyclic) bond motifs is 1. The van der Waals surface area contributed by atoms with Crippen LogP contribution in [0.3, 0.4) is 0 Å². The van der Waals surface area contributed by atoms with Gasteiger partial charge < -0.3 is 9.80 Å². The molecule has 168 valence electrons. The molecule has 0 bridgehead atoms. The van der Waals surface area contributed by atoms with Crippen molar-refractivity contribution in [2.45, 2.75) is 102 Å². The second kappa shape index (κ2) is 8.83. The fourth-order valence-corrected chi connectivity index (χ4v) is 7.45. The van der Waals surface area contributed by atoms with E-state index in [0.717, 1.165) is 17.8 Å². The van der Waals surface area contributed by atoms with Crippen molar-refractivity contribution in [3.63, 3.8) is 0 Å². The first-order valence-electron chi connectivity index (χ1n) is 12.4. The van der Waals surface area contributed by atoms with Crippen molar-refractivity contribution in [2.24, 2.45) is 29.1 Å². The van der Waals surface area contributed by atoms with Crippen LogP contribution in [0.4, 0.5) is 0 Å². The molecule has 0 N–H and O–H groups in total. The molecule has 0 aromatic rings. The van der Waals surface area contributed by atoms with Crippen LogP contribution >= 0.6 is 22.6 Å². The van der Waals surface area contributed by atoms with E-state index in [9.17, 15) is 0 Å². The Morgan fingerprint density at radius 3 is 2.60 bits per heavy atom. The molecule has 2 nitrogen and oxygen atoms in total. The monoisotopic (exact) mass is 522 g/mol. The van der Waals surface area contributed by atoms with Crippen LogP contribution in [-0.2, 0) is 0 Å². The first-order chi connectivity index (χ1) is 14.2. The SMILES string of the molecule is C=CC(/C=C\N1C2C(C)CCCC2N(C2=CCCC([C@@H]3CC3(C)C)C2)C1C)C(C)I. The number of alkyl halides is 1. The largest absolute Gasteiger partial charge is 0.353 e. The lowest BCUT2D eigenvalue weighted by molar-refractivity contribution is 0.177. The summed E-state index contributed by atoms with van der Waals surface area (Å²) in [5.41, 5.74) is 2.26. The van der Waals surface area contributed by atoms with Crippen molar-refractivity contribution in [1.82, 2.24) is 9.80 Å².